The normalized spacial score (nSPS) is 23.5. The minimum atomic E-state index is -0.893. The average molecular weight is 232 g/mol. The molecule has 0 bridgehead atoms. The molecule has 1 nitrogen and oxygen atoms in total. The largest absolute Gasteiger partial charge is 0.385 e. The van der Waals surface area contributed by atoms with E-state index in [9.17, 15) is 5.11 Å². The Kier molecular flexibility index (Phi) is 4.22. The minimum absolute atomic E-state index is 0.213. The van der Waals surface area contributed by atoms with Gasteiger partial charge in [0, 0.05) is 6.42 Å². The van der Waals surface area contributed by atoms with Crippen LogP contribution in [0.25, 0.3) is 0 Å². The van der Waals surface area contributed by atoms with E-state index in [2.05, 4.69) is 32.8 Å². The van der Waals surface area contributed by atoms with Gasteiger partial charge in [-0.2, -0.15) is 0 Å². The Balaban J connectivity index is 2.93. The van der Waals surface area contributed by atoms with Gasteiger partial charge in [0.2, 0.25) is 0 Å². The maximum absolute atomic E-state index is 10.0. The van der Waals surface area contributed by atoms with Crippen molar-refractivity contribution in [2.75, 3.05) is 0 Å². The van der Waals surface area contributed by atoms with Crippen molar-refractivity contribution in [1.82, 2.24) is 0 Å². The van der Waals surface area contributed by atoms with Gasteiger partial charge in [0.1, 0.15) is 0 Å². The molecule has 0 aromatic rings. The fourth-order valence-electron chi connectivity index (χ4n) is 2.54. The summed E-state index contributed by atoms with van der Waals surface area (Å²) in [6.07, 6.45) is 13.2. The Hall–Kier alpha value is -1.00. The van der Waals surface area contributed by atoms with E-state index in [-0.39, 0.29) is 5.41 Å². The summed E-state index contributed by atoms with van der Waals surface area (Å²) in [6, 6.07) is 0. The molecule has 0 spiro atoms. The topological polar surface area (TPSA) is 20.2 Å². The molecule has 1 N–H and O–H groups in total. The molecule has 94 valence electrons. The van der Waals surface area contributed by atoms with E-state index in [0.717, 1.165) is 0 Å². The summed E-state index contributed by atoms with van der Waals surface area (Å²) in [5.74, 6) is 2.51. The molecule has 1 unspecified atom stereocenters. The van der Waals surface area contributed by atoms with Crippen molar-refractivity contribution < 1.29 is 5.11 Å². The first-order valence-corrected chi connectivity index (χ1v) is 6.34. The summed E-state index contributed by atoms with van der Waals surface area (Å²) in [7, 11) is 0. The number of aliphatic hydroxyl groups is 1. The van der Waals surface area contributed by atoms with Crippen LogP contribution in [0.15, 0.2) is 23.3 Å². The highest BCUT2D eigenvalue weighted by Crippen LogP contribution is 2.40. The molecule has 0 radical (unpaired) electrons. The van der Waals surface area contributed by atoms with Crippen molar-refractivity contribution >= 4 is 0 Å². The van der Waals surface area contributed by atoms with E-state index >= 15 is 0 Å². The Bertz CT molecular complexity index is 375. The number of hydrogen-bond donors (Lipinski definition) is 1. The first-order valence-electron chi connectivity index (χ1n) is 6.34. The summed E-state index contributed by atoms with van der Waals surface area (Å²) in [4.78, 5) is 0. The second-order valence-electron chi connectivity index (χ2n) is 6.00. The van der Waals surface area contributed by atoms with Crippen LogP contribution >= 0.6 is 0 Å². The summed E-state index contributed by atoms with van der Waals surface area (Å²) < 4.78 is 0. The van der Waals surface area contributed by atoms with E-state index in [1.54, 1.807) is 6.92 Å². The second kappa shape index (κ2) is 5.10. The smallest absolute Gasteiger partial charge is 0.0911 e. The van der Waals surface area contributed by atoms with Crippen LogP contribution in [0.4, 0.5) is 0 Å². The monoisotopic (exact) mass is 232 g/mol. The number of rotatable bonds is 3. The van der Waals surface area contributed by atoms with Crippen molar-refractivity contribution in [2.24, 2.45) is 5.41 Å². The zero-order valence-electron chi connectivity index (χ0n) is 11.5. The highest BCUT2D eigenvalue weighted by Gasteiger charge is 2.27. The fourth-order valence-corrected chi connectivity index (χ4v) is 2.54. The van der Waals surface area contributed by atoms with Crippen molar-refractivity contribution in [3.05, 3.63) is 23.3 Å². The molecule has 0 amide bonds. The first-order chi connectivity index (χ1) is 7.78. The zero-order chi connectivity index (χ0) is 13.1. The minimum Gasteiger partial charge on any atom is -0.385 e. The van der Waals surface area contributed by atoms with Crippen LogP contribution in [-0.2, 0) is 0 Å². The average Bonchev–Trinajstić information content (AvgIpc) is 2.15. The predicted octanol–water partition coefficient (Wildman–Crippen LogP) is 3.84. The highest BCUT2D eigenvalue weighted by molar-refractivity contribution is 5.33. The molecule has 0 fully saturated rings. The lowest BCUT2D eigenvalue weighted by atomic mass is 9.72. The third-order valence-corrected chi connectivity index (χ3v) is 3.61. The lowest BCUT2D eigenvalue weighted by molar-refractivity contribution is 0.117. The molecule has 17 heavy (non-hydrogen) atoms. The molecule has 0 aliphatic heterocycles. The molecular weight excluding hydrogens is 208 g/mol. The SMILES string of the molecule is C#CCC(C)(O)C=CC1=C(C)CCCC1(C)C. The van der Waals surface area contributed by atoms with E-state index in [1.807, 2.05) is 6.08 Å². The van der Waals surface area contributed by atoms with Crippen LogP contribution < -0.4 is 0 Å². The molecule has 0 saturated carbocycles. The van der Waals surface area contributed by atoms with Crippen LogP contribution in [0.5, 0.6) is 0 Å². The summed E-state index contributed by atoms with van der Waals surface area (Å²) in [6.45, 7) is 8.49. The molecule has 0 saturated heterocycles. The lowest BCUT2D eigenvalue weighted by Crippen LogP contribution is -2.22. The Morgan fingerprint density at radius 1 is 1.53 bits per heavy atom. The van der Waals surface area contributed by atoms with Crippen molar-refractivity contribution in [3.63, 3.8) is 0 Å². The Morgan fingerprint density at radius 3 is 2.71 bits per heavy atom. The zero-order valence-corrected chi connectivity index (χ0v) is 11.5. The van der Waals surface area contributed by atoms with Crippen LogP contribution in [0, 0.1) is 17.8 Å². The molecule has 0 heterocycles. The second-order valence-corrected chi connectivity index (χ2v) is 6.00. The van der Waals surface area contributed by atoms with Gasteiger partial charge in [0.25, 0.3) is 0 Å². The Morgan fingerprint density at radius 2 is 2.18 bits per heavy atom. The van der Waals surface area contributed by atoms with Gasteiger partial charge in [0.05, 0.1) is 5.60 Å². The third-order valence-electron chi connectivity index (χ3n) is 3.61. The van der Waals surface area contributed by atoms with E-state index in [1.165, 1.54) is 30.4 Å². The van der Waals surface area contributed by atoms with Crippen LogP contribution in [0.3, 0.4) is 0 Å². The van der Waals surface area contributed by atoms with Gasteiger partial charge in [-0.25, -0.2) is 0 Å². The van der Waals surface area contributed by atoms with Gasteiger partial charge in [-0.15, -0.1) is 12.3 Å². The number of allylic oxidation sites excluding steroid dienone is 3. The standard InChI is InChI=1S/C16H24O/c1-6-10-16(5,17)12-9-14-13(2)8-7-11-15(14,3)4/h1,9,12,17H,7-8,10-11H2,2-5H3. The molecular formula is C16H24O. The maximum atomic E-state index is 10.0. The molecule has 0 aromatic heterocycles. The molecule has 1 aliphatic rings. The summed E-state index contributed by atoms with van der Waals surface area (Å²) in [5, 5.41) is 10.0. The molecule has 1 aliphatic carbocycles. The summed E-state index contributed by atoms with van der Waals surface area (Å²) in [5.41, 5.74) is 2.12. The summed E-state index contributed by atoms with van der Waals surface area (Å²) >= 11 is 0. The van der Waals surface area contributed by atoms with Crippen LogP contribution in [-0.4, -0.2) is 10.7 Å². The van der Waals surface area contributed by atoms with Crippen molar-refractivity contribution in [1.29, 1.82) is 0 Å². The van der Waals surface area contributed by atoms with Crippen LogP contribution in [0.2, 0.25) is 0 Å². The third kappa shape index (κ3) is 3.75. The number of terminal acetylenes is 1. The van der Waals surface area contributed by atoms with Gasteiger partial charge in [-0.05, 0) is 44.1 Å². The van der Waals surface area contributed by atoms with E-state index < -0.39 is 5.60 Å². The maximum Gasteiger partial charge on any atom is 0.0911 e. The molecule has 1 rings (SSSR count). The van der Waals surface area contributed by atoms with Gasteiger partial charge in [-0.3, -0.25) is 0 Å². The van der Waals surface area contributed by atoms with Crippen molar-refractivity contribution in [2.45, 2.75) is 59.0 Å². The molecule has 0 aromatic carbocycles. The fraction of sp³-hybridized carbons (Fsp3) is 0.625. The van der Waals surface area contributed by atoms with Gasteiger partial charge < -0.3 is 5.11 Å². The van der Waals surface area contributed by atoms with Crippen molar-refractivity contribution in [3.8, 4) is 12.3 Å². The molecule has 1 atom stereocenters. The Labute approximate surface area is 106 Å². The first kappa shape index (κ1) is 14.1. The molecule has 1 heteroatoms. The lowest BCUT2D eigenvalue weighted by Gasteiger charge is -2.33. The predicted molar refractivity (Wildman–Crippen MR) is 73.5 cm³/mol. The van der Waals surface area contributed by atoms with E-state index in [4.69, 9.17) is 6.42 Å². The van der Waals surface area contributed by atoms with Gasteiger partial charge in [0.15, 0.2) is 0 Å². The van der Waals surface area contributed by atoms with Gasteiger partial charge in [-0.1, -0.05) is 31.6 Å². The van der Waals surface area contributed by atoms with Crippen LogP contribution in [0.1, 0.15) is 53.4 Å². The highest BCUT2D eigenvalue weighted by atomic mass is 16.3. The number of hydrogen-bond acceptors (Lipinski definition) is 1. The van der Waals surface area contributed by atoms with E-state index in [0.29, 0.717) is 6.42 Å². The quantitative estimate of drug-likeness (QED) is 0.733. The van der Waals surface area contributed by atoms with Gasteiger partial charge >= 0.3 is 0 Å².